The van der Waals surface area contributed by atoms with Crippen LogP contribution in [0.25, 0.3) is 22.4 Å². The van der Waals surface area contributed by atoms with E-state index in [-0.39, 0.29) is 12.5 Å². The van der Waals surface area contributed by atoms with Crippen LogP contribution in [0.2, 0.25) is 0 Å². The highest BCUT2D eigenvalue weighted by molar-refractivity contribution is 6.05. The topological polar surface area (TPSA) is 80.9 Å². The Hall–Kier alpha value is -3.54. The van der Waals surface area contributed by atoms with Crippen LogP contribution in [0.15, 0.2) is 71.3 Å². The number of rotatable bonds is 4. The molecule has 2 aromatic heterocycles. The molecular weight excluding hydrogens is 316 g/mol. The molecule has 6 heteroatoms. The predicted molar refractivity (Wildman–Crippen MR) is 92.6 cm³/mol. The SMILES string of the molecule is O=C(NCc1nnc(-c2ccccc2)o1)c1ccnc2ccccc12. The molecule has 0 aliphatic carbocycles. The van der Waals surface area contributed by atoms with Crippen LogP contribution in [0.3, 0.4) is 0 Å². The minimum Gasteiger partial charge on any atom is -0.419 e. The smallest absolute Gasteiger partial charge is 0.252 e. The first kappa shape index (κ1) is 15.0. The van der Waals surface area contributed by atoms with Gasteiger partial charge in [0.2, 0.25) is 11.8 Å². The number of aromatic nitrogens is 3. The molecule has 0 radical (unpaired) electrons. The number of para-hydroxylation sites is 1. The van der Waals surface area contributed by atoms with Gasteiger partial charge in [0.05, 0.1) is 17.6 Å². The van der Waals surface area contributed by atoms with Crippen molar-refractivity contribution in [1.82, 2.24) is 20.5 Å². The molecular formula is C19H14N4O2. The lowest BCUT2D eigenvalue weighted by atomic mass is 10.1. The standard InChI is InChI=1S/C19H14N4O2/c24-18(15-10-11-20-16-9-5-4-8-14(15)16)21-12-17-22-23-19(25-17)13-6-2-1-3-7-13/h1-11H,12H2,(H,21,24). The molecule has 122 valence electrons. The number of benzene rings is 2. The highest BCUT2D eigenvalue weighted by atomic mass is 16.4. The van der Waals surface area contributed by atoms with E-state index >= 15 is 0 Å². The summed E-state index contributed by atoms with van der Waals surface area (Å²) in [4.78, 5) is 16.7. The fraction of sp³-hybridized carbons (Fsp3) is 0.0526. The highest BCUT2D eigenvalue weighted by Gasteiger charge is 2.13. The quantitative estimate of drug-likeness (QED) is 0.621. The third-order valence-corrected chi connectivity index (χ3v) is 3.78. The van der Waals surface area contributed by atoms with E-state index in [0.29, 0.717) is 17.3 Å². The van der Waals surface area contributed by atoms with E-state index in [1.165, 1.54) is 0 Å². The van der Waals surface area contributed by atoms with Crippen molar-refractivity contribution in [2.24, 2.45) is 0 Å². The van der Waals surface area contributed by atoms with Crippen LogP contribution < -0.4 is 5.32 Å². The molecule has 2 aromatic carbocycles. The number of nitrogens with zero attached hydrogens (tertiary/aromatic N) is 3. The molecule has 2 heterocycles. The molecule has 4 rings (SSSR count). The lowest BCUT2D eigenvalue weighted by Gasteiger charge is -2.05. The van der Waals surface area contributed by atoms with E-state index in [2.05, 4.69) is 20.5 Å². The Morgan fingerprint density at radius 1 is 0.960 bits per heavy atom. The van der Waals surface area contributed by atoms with Crippen molar-refractivity contribution in [1.29, 1.82) is 0 Å². The zero-order valence-corrected chi connectivity index (χ0v) is 13.2. The fourth-order valence-electron chi connectivity index (χ4n) is 2.57. The Morgan fingerprint density at radius 3 is 2.64 bits per heavy atom. The molecule has 6 nitrogen and oxygen atoms in total. The normalized spacial score (nSPS) is 10.7. The van der Waals surface area contributed by atoms with Crippen molar-refractivity contribution in [3.8, 4) is 11.5 Å². The first-order valence-electron chi connectivity index (χ1n) is 7.81. The molecule has 0 bridgehead atoms. The number of carbonyl (C=O) groups excluding carboxylic acids is 1. The van der Waals surface area contributed by atoms with Crippen LogP contribution in [0.5, 0.6) is 0 Å². The molecule has 4 aromatic rings. The zero-order valence-electron chi connectivity index (χ0n) is 13.2. The molecule has 0 fully saturated rings. The fourth-order valence-corrected chi connectivity index (χ4v) is 2.57. The van der Waals surface area contributed by atoms with Gasteiger partial charge in [0.25, 0.3) is 5.91 Å². The number of nitrogens with one attached hydrogen (secondary N) is 1. The molecule has 0 saturated carbocycles. The van der Waals surface area contributed by atoms with Gasteiger partial charge in [-0.2, -0.15) is 0 Å². The summed E-state index contributed by atoms with van der Waals surface area (Å²) in [5, 5.41) is 11.6. The van der Waals surface area contributed by atoms with Gasteiger partial charge in [0.1, 0.15) is 0 Å². The summed E-state index contributed by atoms with van der Waals surface area (Å²) in [5.74, 6) is 0.572. The van der Waals surface area contributed by atoms with Gasteiger partial charge in [0, 0.05) is 17.1 Å². The second-order valence-corrected chi connectivity index (χ2v) is 5.43. The van der Waals surface area contributed by atoms with Crippen LogP contribution in [0, 0.1) is 0 Å². The summed E-state index contributed by atoms with van der Waals surface area (Å²) in [5.41, 5.74) is 2.18. The van der Waals surface area contributed by atoms with Gasteiger partial charge < -0.3 is 9.73 Å². The van der Waals surface area contributed by atoms with Crippen molar-refractivity contribution >= 4 is 16.8 Å². The van der Waals surface area contributed by atoms with E-state index in [1.807, 2.05) is 54.6 Å². The Morgan fingerprint density at radius 2 is 1.76 bits per heavy atom. The average molecular weight is 330 g/mol. The molecule has 0 aliphatic rings. The van der Waals surface area contributed by atoms with Crippen molar-refractivity contribution in [3.05, 3.63) is 78.3 Å². The van der Waals surface area contributed by atoms with Crippen LogP contribution >= 0.6 is 0 Å². The lowest BCUT2D eigenvalue weighted by molar-refractivity contribution is 0.0949. The minimum atomic E-state index is -0.210. The molecule has 0 spiro atoms. The Bertz CT molecular complexity index is 1020. The molecule has 1 amide bonds. The molecule has 0 aliphatic heterocycles. The van der Waals surface area contributed by atoms with E-state index in [1.54, 1.807) is 12.3 Å². The first-order valence-corrected chi connectivity index (χ1v) is 7.81. The monoisotopic (exact) mass is 330 g/mol. The predicted octanol–water partition coefficient (Wildman–Crippen LogP) is 3.21. The highest BCUT2D eigenvalue weighted by Crippen LogP contribution is 2.18. The van der Waals surface area contributed by atoms with Crippen molar-refractivity contribution < 1.29 is 9.21 Å². The van der Waals surface area contributed by atoms with Crippen molar-refractivity contribution in [3.63, 3.8) is 0 Å². The van der Waals surface area contributed by atoms with Crippen LogP contribution in [0.1, 0.15) is 16.2 Å². The number of hydrogen-bond acceptors (Lipinski definition) is 5. The lowest BCUT2D eigenvalue weighted by Crippen LogP contribution is -2.23. The van der Waals surface area contributed by atoms with Gasteiger partial charge in [-0.25, -0.2) is 0 Å². The van der Waals surface area contributed by atoms with Crippen molar-refractivity contribution in [2.75, 3.05) is 0 Å². The maximum atomic E-state index is 12.5. The van der Waals surface area contributed by atoms with Crippen LogP contribution in [0.4, 0.5) is 0 Å². The molecule has 0 atom stereocenters. The number of carbonyl (C=O) groups is 1. The van der Waals surface area contributed by atoms with E-state index < -0.39 is 0 Å². The Labute approximate surface area is 143 Å². The van der Waals surface area contributed by atoms with Gasteiger partial charge in [-0.05, 0) is 24.3 Å². The summed E-state index contributed by atoms with van der Waals surface area (Å²) in [7, 11) is 0. The maximum Gasteiger partial charge on any atom is 0.252 e. The van der Waals surface area contributed by atoms with Crippen LogP contribution in [-0.4, -0.2) is 21.1 Å². The van der Waals surface area contributed by atoms with Crippen LogP contribution in [-0.2, 0) is 6.54 Å². The van der Waals surface area contributed by atoms with E-state index in [0.717, 1.165) is 16.5 Å². The summed E-state index contributed by atoms with van der Waals surface area (Å²) in [6.45, 7) is 0.162. The van der Waals surface area contributed by atoms with Gasteiger partial charge >= 0.3 is 0 Å². The number of pyridine rings is 1. The largest absolute Gasteiger partial charge is 0.419 e. The third-order valence-electron chi connectivity index (χ3n) is 3.78. The summed E-state index contributed by atoms with van der Waals surface area (Å²) in [6, 6.07) is 18.7. The molecule has 25 heavy (non-hydrogen) atoms. The zero-order chi connectivity index (χ0) is 17.1. The average Bonchev–Trinajstić information content (AvgIpc) is 3.15. The van der Waals surface area contributed by atoms with Gasteiger partial charge in [0.15, 0.2) is 0 Å². The Kier molecular flexibility index (Phi) is 3.92. The number of hydrogen-bond donors (Lipinski definition) is 1. The Balaban J connectivity index is 1.50. The van der Waals surface area contributed by atoms with Gasteiger partial charge in [-0.3, -0.25) is 9.78 Å². The van der Waals surface area contributed by atoms with Gasteiger partial charge in [-0.1, -0.05) is 36.4 Å². The molecule has 0 unspecified atom stereocenters. The second kappa shape index (κ2) is 6.52. The summed E-state index contributed by atoms with van der Waals surface area (Å²) in [6.07, 6.45) is 1.62. The minimum absolute atomic E-state index is 0.162. The van der Waals surface area contributed by atoms with Gasteiger partial charge in [-0.15, -0.1) is 10.2 Å². The summed E-state index contributed by atoms with van der Waals surface area (Å²) >= 11 is 0. The first-order chi connectivity index (χ1) is 12.3. The van der Waals surface area contributed by atoms with E-state index in [4.69, 9.17) is 4.42 Å². The molecule has 1 N–H and O–H groups in total. The summed E-state index contributed by atoms with van der Waals surface area (Å²) < 4.78 is 5.59. The second-order valence-electron chi connectivity index (χ2n) is 5.43. The molecule has 0 saturated heterocycles. The third kappa shape index (κ3) is 3.10. The van der Waals surface area contributed by atoms with E-state index in [9.17, 15) is 4.79 Å². The van der Waals surface area contributed by atoms with Crippen molar-refractivity contribution in [2.45, 2.75) is 6.54 Å². The number of amides is 1. The number of fused-ring (bicyclic) bond motifs is 1. The maximum absolute atomic E-state index is 12.5.